The molecule has 3 atom stereocenters. The topological polar surface area (TPSA) is 107 Å². The van der Waals surface area contributed by atoms with E-state index in [9.17, 15) is 24.6 Å². The summed E-state index contributed by atoms with van der Waals surface area (Å²) in [4.78, 5) is 40.0. The first-order chi connectivity index (χ1) is 13.4. The molecule has 1 aromatic carbocycles. The Morgan fingerprint density at radius 2 is 1.93 bits per heavy atom. The summed E-state index contributed by atoms with van der Waals surface area (Å²) in [6.45, 7) is 3.58. The molecule has 150 valence electrons. The number of fused-ring (bicyclic) bond motifs is 1. The molecule has 3 aliphatic heterocycles. The fourth-order valence-electron chi connectivity index (χ4n) is 4.32. The molecule has 0 aliphatic carbocycles. The normalized spacial score (nSPS) is 24.6. The van der Waals surface area contributed by atoms with Gasteiger partial charge in [0.05, 0.1) is 31.3 Å². The van der Waals surface area contributed by atoms with Gasteiger partial charge in [0.15, 0.2) is 0 Å². The van der Waals surface area contributed by atoms with Crippen molar-refractivity contribution in [2.75, 3.05) is 26.3 Å². The van der Waals surface area contributed by atoms with Crippen molar-refractivity contribution in [2.45, 2.75) is 25.5 Å². The van der Waals surface area contributed by atoms with Gasteiger partial charge in [-0.25, -0.2) is 4.79 Å². The molecule has 0 unspecified atom stereocenters. The maximum atomic E-state index is 12.8. The van der Waals surface area contributed by atoms with Crippen molar-refractivity contribution in [1.29, 1.82) is 0 Å². The number of rotatable bonds is 4. The number of nitrogens with zero attached hydrogens (tertiary/aromatic N) is 2. The van der Waals surface area contributed by atoms with E-state index in [1.807, 2.05) is 0 Å². The third-order valence-electron chi connectivity index (χ3n) is 5.69. The van der Waals surface area contributed by atoms with Crippen molar-refractivity contribution in [3.63, 3.8) is 0 Å². The molecule has 0 radical (unpaired) electrons. The van der Waals surface area contributed by atoms with Gasteiger partial charge in [-0.1, -0.05) is 12.1 Å². The Morgan fingerprint density at radius 1 is 1.24 bits per heavy atom. The van der Waals surface area contributed by atoms with E-state index >= 15 is 0 Å². The monoisotopic (exact) mass is 410 g/mol. The van der Waals surface area contributed by atoms with E-state index in [4.69, 9.17) is 4.74 Å². The van der Waals surface area contributed by atoms with Gasteiger partial charge in [-0.3, -0.25) is 9.59 Å². The van der Waals surface area contributed by atoms with E-state index in [1.54, 1.807) is 36.1 Å². The van der Waals surface area contributed by atoms with Crippen molar-refractivity contribution >= 4 is 52.9 Å². The molecule has 3 heterocycles. The second-order valence-electron chi connectivity index (χ2n) is 7.36. The summed E-state index contributed by atoms with van der Waals surface area (Å²) in [6, 6.07) is 6.51. The van der Waals surface area contributed by atoms with Gasteiger partial charge in [0.2, 0.25) is 5.91 Å². The third kappa shape index (κ3) is 3.75. The van der Waals surface area contributed by atoms with Gasteiger partial charge >= 0.3 is 35.5 Å². The predicted octanol–water partition coefficient (Wildman–Crippen LogP) is -0.0823. The molecule has 2 amide bonds. The molecule has 8 nitrogen and oxygen atoms in total. The Hall–Kier alpha value is -1.71. The summed E-state index contributed by atoms with van der Waals surface area (Å²) >= 11 is 0. The Bertz CT molecular complexity index is 877. The molecular formula is C20H23N2NaO6. The summed E-state index contributed by atoms with van der Waals surface area (Å²) in [6.07, 6.45) is -0.490. The zero-order valence-corrected chi connectivity index (χ0v) is 15.5. The Labute approximate surface area is 190 Å². The first kappa shape index (κ1) is 22.0. The number of carboxylic acid groups (broad SMARTS) is 1. The zero-order valence-electron chi connectivity index (χ0n) is 15.5. The van der Waals surface area contributed by atoms with Gasteiger partial charge in [0.1, 0.15) is 5.70 Å². The molecule has 29 heavy (non-hydrogen) atoms. The van der Waals surface area contributed by atoms with Crippen LogP contribution in [0, 0.1) is 5.92 Å². The van der Waals surface area contributed by atoms with Crippen LogP contribution in [0.1, 0.15) is 29.3 Å². The van der Waals surface area contributed by atoms with Gasteiger partial charge in [-0.15, -0.1) is 0 Å². The quantitative estimate of drug-likeness (QED) is 0.531. The van der Waals surface area contributed by atoms with Gasteiger partial charge in [0.25, 0.3) is 5.91 Å². The van der Waals surface area contributed by atoms with Crippen molar-refractivity contribution in [3.8, 4) is 0 Å². The average molecular weight is 410 g/mol. The molecule has 9 heteroatoms. The number of aliphatic hydroxyl groups is 1. The number of carboxylic acids is 1. The van der Waals surface area contributed by atoms with E-state index in [2.05, 4.69) is 0 Å². The second-order valence-corrected chi connectivity index (χ2v) is 7.36. The number of hydrogen-bond donors (Lipinski definition) is 2. The van der Waals surface area contributed by atoms with Crippen molar-refractivity contribution in [3.05, 3.63) is 41.1 Å². The van der Waals surface area contributed by atoms with Crippen LogP contribution in [-0.2, 0) is 14.3 Å². The predicted molar refractivity (Wildman–Crippen MR) is 105 cm³/mol. The molecular weight excluding hydrogens is 387 g/mol. The Morgan fingerprint density at radius 3 is 2.55 bits per heavy atom. The SMILES string of the molecule is C[C@@H](O)[C@H]1C(=O)N2C(C(=O)O)=C(c3cccc(C(=O)N4CCOCC4)c3)C[C@H]12.[NaH]. The van der Waals surface area contributed by atoms with E-state index in [0.29, 0.717) is 49.4 Å². The summed E-state index contributed by atoms with van der Waals surface area (Å²) in [5, 5.41) is 19.5. The number of ether oxygens (including phenoxy) is 1. The molecule has 0 bridgehead atoms. The van der Waals surface area contributed by atoms with Gasteiger partial charge in [0, 0.05) is 18.7 Å². The standard InChI is InChI=1S/C20H22N2O6.Na.H/c1-11(23)16-15-10-14(17(20(26)27)22(15)19(16)25)12-3-2-4-13(9-12)18(24)21-5-7-28-8-6-21;;/h2-4,9,11,15-16,23H,5-8,10H2,1H3,(H,26,27);;/t11-,15-,16-;;/m1../s1. The molecule has 0 aromatic heterocycles. The fraction of sp³-hybridized carbons (Fsp3) is 0.450. The summed E-state index contributed by atoms with van der Waals surface area (Å²) in [7, 11) is 0. The fourth-order valence-corrected chi connectivity index (χ4v) is 4.32. The molecule has 2 fully saturated rings. The van der Waals surface area contributed by atoms with Gasteiger partial charge in [-0.2, -0.15) is 0 Å². The van der Waals surface area contributed by atoms with Crippen LogP contribution in [0.2, 0.25) is 0 Å². The van der Waals surface area contributed by atoms with Crippen LogP contribution < -0.4 is 0 Å². The second kappa shape index (κ2) is 8.57. The Kier molecular flexibility index (Phi) is 6.50. The number of aliphatic carboxylic acids is 1. The summed E-state index contributed by atoms with van der Waals surface area (Å²) < 4.78 is 5.28. The minimum atomic E-state index is -1.18. The molecule has 4 rings (SSSR count). The number of hydrogen-bond acceptors (Lipinski definition) is 5. The van der Waals surface area contributed by atoms with E-state index in [0.717, 1.165) is 0 Å². The molecule has 3 aliphatic rings. The van der Waals surface area contributed by atoms with Crippen LogP contribution in [0.4, 0.5) is 0 Å². The van der Waals surface area contributed by atoms with Crippen LogP contribution in [0.5, 0.6) is 0 Å². The van der Waals surface area contributed by atoms with Gasteiger partial charge in [-0.05, 0) is 36.6 Å². The van der Waals surface area contributed by atoms with Crippen LogP contribution in [-0.4, -0.2) is 106 Å². The summed E-state index contributed by atoms with van der Waals surface area (Å²) in [5.74, 6) is -2.26. The third-order valence-corrected chi connectivity index (χ3v) is 5.69. The first-order valence-electron chi connectivity index (χ1n) is 9.35. The Balaban J connectivity index is 0.00000240. The average Bonchev–Trinajstić information content (AvgIpc) is 3.03. The van der Waals surface area contributed by atoms with Crippen LogP contribution >= 0.6 is 0 Å². The molecule has 2 saturated heterocycles. The van der Waals surface area contributed by atoms with E-state index in [-0.39, 0.29) is 53.1 Å². The number of benzene rings is 1. The van der Waals surface area contributed by atoms with Crippen LogP contribution in [0.3, 0.4) is 0 Å². The van der Waals surface area contributed by atoms with Crippen molar-refractivity contribution in [2.24, 2.45) is 5.92 Å². The van der Waals surface area contributed by atoms with Crippen molar-refractivity contribution in [1.82, 2.24) is 9.80 Å². The molecule has 0 spiro atoms. The van der Waals surface area contributed by atoms with Crippen molar-refractivity contribution < 1.29 is 29.3 Å². The van der Waals surface area contributed by atoms with E-state index < -0.39 is 18.0 Å². The minimum absolute atomic E-state index is 0. The number of amides is 2. The van der Waals surface area contributed by atoms with Crippen LogP contribution in [0.15, 0.2) is 30.0 Å². The molecule has 1 aromatic rings. The number of morpholine rings is 1. The number of aliphatic hydroxyl groups excluding tert-OH is 1. The van der Waals surface area contributed by atoms with Gasteiger partial charge < -0.3 is 24.7 Å². The zero-order chi connectivity index (χ0) is 20.0. The number of β-lactam (4-membered cyclic amide) rings is 1. The maximum absolute atomic E-state index is 12.8. The molecule has 0 saturated carbocycles. The number of carbonyl (C=O) groups excluding carboxylic acids is 2. The molecule has 2 N–H and O–H groups in total. The van der Waals surface area contributed by atoms with E-state index in [1.165, 1.54) is 4.90 Å². The number of carbonyl (C=O) groups is 3. The first-order valence-corrected chi connectivity index (χ1v) is 9.35. The van der Waals surface area contributed by atoms with Crippen LogP contribution in [0.25, 0.3) is 5.57 Å². The summed E-state index contributed by atoms with van der Waals surface area (Å²) in [5.41, 5.74) is 1.56.